The van der Waals surface area contributed by atoms with Crippen molar-refractivity contribution in [1.29, 1.82) is 0 Å². The van der Waals surface area contributed by atoms with Crippen LogP contribution in [0.5, 0.6) is 0 Å². The topological polar surface area (TPSA) is 64.9 Å². The third-order valence-corrected chi connectivity index (χ3v) is 2.31. The molecule has 1 aromatic heterocycles. The van der Waals surface area contributed by atoms with Gasteiger partial charge in [0.2, 0.25) is 11.7 Å². The second kappa shape index (κ2) is 4.06. The Morgan fingerprint density at radius 2 is 1.81 bits per heavy atom. The zero-order chi connectivity index (χ0) is 11.7. The predicted octanol–water partition coefficient (Wildman–Crippen LogP) is 2.37. The molecule has 2 rings (SSSR count). The molecule has 2 N–H and O–H groups in total. The summed E-state index contributed by atoms with van der Waals surface area (Å²) in [6.07, 6.45) is 0. The van der Waals surface area contributed by atoms with Gasteiger partial charge in [0.05, 0.1) is 6.04 Å². The molecular weight excluding hydrogens is 202 g/mol. The van der Waals surface area contributed by atoms with Gasteiger partial charge in [0.15, 0.2) is 0 Å². The van der Waals surface area contributed by atoms with Crippen molar-refractivity contribution in [3.05, 3.63) is 35.2 Å². The Hall–Kier alpha value is -1.68. The monoisotopic (exact) mass is 217 g/mol. The molecule has 0 bridgehead atoms. The lowest BCUT2D eigenvalue weighted by Crippen LogP contribution is -2.04. The molecule has 1 atom stereocenters. The van der Waals surface area contributed by atoms with Gasteiger partial charge in [0.1, 0.15) is 0 Å². The Labute approximate surface area is 94.5 Å². The van der Waals surface area contributed by atoms with Crippen molar-refractivity contribution in [3.8, 4) is 11.4 Å². The lowest BCUT2D eigenvalue weighted by atomic mass is 10.1. The average molecular weight is 217 g/mol. The fourth-order valence-corrected chi connectivity index (χ4v) is 1.64. The summed E-state index contributed by atoms with van der Waals surface area (Å²) in [6.45, 7) is 5.91. The molecule has 16 heavy (non-hydrogen) atoms. The molecule has 4 heteroatoms. The van der Waals surface area contributed by atoms with Crippen LogP contribution in [0.1, 0.15) is 30.0 Å². The molecule has 0 spiro atoms. The van der Waals surface area contributed by atoms with Gasteiger partial charge in [-0.15, -0.1) is 0 Å². The summed E-state index contributed by atoms with van der Waals surface area (Å²) in [4.78, 5) is 4.26. The number of aromatic nitrogens is 2. The molecule has 0 aliphatic rings. The highest BCUT2D eigenvalue weighted by Crippen LogP contribution is 2.20. The molecule has 4 nitrogen and oxygen atoms in total. The van der Waals surface area contributed by atoms with Crippen LogP contribution in [0, 0.1) is 13.8 Å². The summed E-state index contributed by atoms with van der Waals surface area (Å²) in [5.74, 6) is 1.06. The van der Waals surface area contributed by atoms with E-state index in [1.165, 1.54) is 11.1 Å². The Morgan fingerprint density at radius 1 is 1.19 bits per heavy atom. The highest BCUT2D eigenvalue weighted by atomic mass is 16.5. The SMILES string of the molecule is Cc1cc(C)cc(-c2noc(C(C)N)n2)c1. The number of benzene rings is 1. The first-order chi connectivity index (χ1) is 7.56. The van der Waals surface area contributed by atoms with Crippen LogP contribution >= 0.6 is 0 Å². The molecular formula is C12H15N3O. The van der Waals surface area contributed by atoms with Crippen LogP contribution in [-0.2, 0) is 0 Å². The van der Waals surface area contributed by atoms with Gasteiger partial charge in [-0.1, -0.05) is 22.3 Å². The van der Waals surface area contributed by atoms with Crippen molar-refractivity contribution >= 4 is 0 Å². The smallest absolute Gasteiger partial charge is 0.243 e. The Morgan fingerprint density at radius 3 is 2.31 bits per heavy atom. The normalized spacial score (nSPS) is 12.8. The molecule has 0 fully saturated rings. The summed E-state index contributed by atoms with van der Waals surface area (Å²) in [5.41, 5.74) is 9.00. The number of hydrogen-bond acceptors (Lipinski definition) is 4. The average Bonchev–Trinajstić information content (AvgIpc) is 2.64. The van der Waals surface area contributed by atoms with Gasteiger partial charge >= 0.3 is 0 Å². The molecule has 1 unspecified atom stereocenters. The van der Waals surface area contributed by atoms with Crippen LogP contribution < -0.4 is 5.73 Å². The maximum atomic E-state index is 5.67. The van der Waals surface area contributed by atoms with Crippen molar-refractivity contribution < 1.29 is 4.52 Å². The van der Waals surface area contributed by atoms with E-state index < -0.39 is 0 Å². The molecule has 84 valence electrons. The Kier molecular flexibility index (Phi) is 2.75. The first-order valence-corrected chi connectivity index (χ1v) is 5.24. The molecule has 0 saturated heterocycles. The largest absolute Gasteiger partial charge is 0.337 e. The summed E-state index contributed by atoms with van der Waals surface area (Å²) in [6, 6.07) is 5.94. The van der Waals surface area contributed by atoms with E-state index in [0.717, 1.165) is 5.56 Å². The zero-order valence-electron chi connectivity index (χ0n) is 9.69. The molecule has 1 heterocycles. The second-order valence-corrected chi connectivity index (χ2v) is 4.12. The minimum atomic E-state index is -0.229. The third kappa shape index (κ3) is 2.12. The zero-order valence-corrected chi connectivity index (χ0v) is 9.69. The lowest BCUT2D eigenvalue weighted by molar-refractivity contribution is 0.362. The number of aryl methyl sites for hydroxylation is 2. The van der Waals surface area contributed by atoms with Gasteiger partial charge in [-0.25, -0.2) is 0 Å². The van der Waals surface area contributed by atoms with Crippen molar-refractivity contribution in [2.24, 2.45) is 5.73 Å². The fraction of sp³-hybridized carbons (Fsp3) is 0.333. The fourth-order valence-electron chi connectivity index (χ4n) is 1.64. The van der Waals surface area contributed by atoms with Crippen LogP contribution in [0.25, 0.3) is 11.4 Å². The Balaban J connectivity index is 2.42. The van der Waals surface area contributed by atoms with Crippen LogP contribution in [0.3, 0.4) is 0 Å². The van der Waals surface area contributed by atoms with Crippen molar-refractivity contribution in [1.82, 2.24) is 10.1 Å². The lowest BCUT2D eigenvalue weighted by Gasteiger charge is -1.99. The van der Waals surface area contributed by atoms with E-state index in [2.05, 4.69) is 16.2 Å². The number of rotatable bonds is 2. The van der Waals surface area contributed by atoms with E-state index in [0.29, 0.717) is 11.7 Å². The first kappa shape index (κ1) is 10.8. The maximum Gasteiger partial charge on any atom is 0.243 e. The minimum absolute atomic E-state index is 0.229. The molecule has 2 aromatic rings. The van der Waals surface area contributed by atoms with Gasteiger partial charge in [0.25, 0.3) is 0 Å². The van der Waals surface area contributed by atoms with E-state index >= 15 is 0 Å². The third-order valence-electron chi connectivity index (χ3n) is 2.31. The van der Waals surface area contributed by atoms with E-state index in [-0.39, 0.29) is 6.04 Å². The highest BCUT2D eigenvalue weighted by Gasteiger charge is 2.11. The maximum absolute atomic E-state index is 5.67. The quantitative estimate of drug-likeness (QED) is 0.838. The van der Waals surface area contributed by atoms with Gasteiger partial charge in [-0.2, -0.15) is 4.98 Å². The van der Waals surface area contributed by atoms with Crippen molar-refractivity contribution in [2.75, 3.05) is 0 Å². The first-order valence-electron chi connectivity index (χ1n) is 5.24. The highest BCUT2D eigenvalue weighted by molar-refractivity contribution is 5.56. The van der Waals surface area contributed by atoms with E-state index in [9.17, 15) is 0 Å². The predicted molar refractivity (Wildman–Crippen MR) is 61.8 cm³/mol. The van der Waals surface area contributed by atoms with E-state index in [1.54, 1.807) is 0 Å². The summed E-state index contributed by atoms with van der Waals surface area (Å²) in [5, 5.41) is 3.92. The molecule has 0 aliphatic carbocycles. The molecule has 0 amide bonds. The molecule has 0 saturated carbocycles. The van der Waals surface area contributed by atoms with Crippen LogP contribution in [0.4, 0.5) is 0 Å². The van der Waals surface area contributed by atoms with Gasteiger partial charge < -0.3 is 10.3 Å². The summed E-state index contributed by atoms with van der Waals surface area (Å²) in [7, 11) is 0. The molecule has 0 radical (unpaired) electrons. The number of nitrogens with two attached hydrogens (primary N) is 1. The van der Waals surface area contributed by atoms with Crippen molar-refractivity contribution in [3.63, 3.8) is 0 Å². The van der Waals surface area contributed by atoms with E-state index in [4.69, 9.17) is 10.3 Å². The van der Waals surface area contributed by atoms with E-state index in [1.807, 2.05) is 32.9 Å². The summed E-state index contributed by atoms with van der Waals surface area (Å²) >= 11 is 0. The number of nitrogens with zero attached hydrogens (tertiary/aromatic N) is 2. The number of hydrogen-bond donors (Lipinski definition) is 1. The minimum Gasteiger partial charge on any atom is -0.337 e. The van der Waals surface area contributed by atoms with Gasteiger partial charge in [-0.3, -0.25) is 0 Å². The van der Waals surface area contributed by atoms with Gasteiger partial charge in [0, 0.05) is 5.56 Å². The van der Waals surface area contributed by atoms with Crippen LogP contribution in [-0.4, -0.2) is 10.1 Å². The van der Waals surface area contributed by atoms with Crippen LogP contribution in [0.2, 0.25) is 0 Å². The summed E-state index contributed by atoms with van der Waals surface area (Å²) < 4.78 is 5.07. The second-order valence-electron chi connectivity index (χ2n) is 4.12. The van der Waals surface area contributed by atoms with Gasteiger partial charge in [-0.05, 0) is 32.9 Å². The standard InChI is InChI=1S/C12H15N3O/c1-7-4-8(2)6-10(5-7)11-14-12(9(3)13)16-15-11/h4-6,9H,13H2,1-3H3. The molecule has 1 aromatic carbocycles. The van der Waals surface area contributed by atoms with Crippen LogP contribution in [0.15, 0.2) is 22.7 Å². The van der Waals surface area contributed by atoms with Crippen molar-refractivity contribution in [2.45, 2.75) is 26.8 Å². The Bertz CT molecular complexity index is 482. The molecule has 0 aliphatic heterocycles.